The van der Waals surface area contributed by atoms with Crippen LogP contribution in [0, 0.1) is 5.82 Å². The Bertz CT molecular complexity index is 747. The molecule has 0 heterocycles. The molecule has 0 aliphatic rings. The SMILES string of the molecule is CCNC(=O)[C@H](C)N(Cc1ccc(Cl)cc1)C(=O)Cc1ccc(F)cc1. The molecule has 26 heavy (non-hydrogen) atoms. The molecule has 2 rings (SSSR count). The van der Waals surface area contributed by atoms with E-state index in [1.165, 1.54) is 17.0 Å². The Hall–Kier alpha value is -2.40. The van der Waals surface area contributed by atoms with Crippen molar-refractivity contribution in [3.63, 3.8) is 0 Å². The molecule has 0 fully saturated rings. The molecule has 4 nitrogen and oxygen atoms in total. The van der Waals surface area contributed by atoms with Crippen molar-refractivity contribution in [2.75, 3.05) is 6.54 Å². The lowest BCUT2D eigenvalue weighted by molar-refractivity contribution is -0.140. The fraction of sp³-hybridized carbons (Fsp3) is 0.300. The lowest BCUT2D eigenvalue weighted by Gasteiger charge is -2.29. The third kappa shape index (κ3) is 5.56. The van der Waals surface area contributed by atoms with Crippen molar-refractivity contribution in [3.8, 4) is 0 Å². The van der Waals surface area contributed by atoms with Crippen molar-refractivity contribution >= 4 is 23.4 Å². The molecule has 0 saturated heterocycles. The molecule has 138 valence electrons. The Balaban J connectivity index is 2.20. The summed E-state index contributed by atoms with van der Waals surface area (Å²) in [5.74, 6) is -0.769. The standard InChI is InChI=1S/C20H22ClFN2O2/c1-3-23-20(26)14(2)24(13-16-4-8-17(21)9-5-16)19(25)12-15-6-10-18(22)11-7-15/h4-11,14H,3,12-13H2,1-2H3,(H,23,26)/t14-/m0/s1. The van der Waals surface area contributed by atoms with Crippen molar-refractivity contribution in [3.05, 3.63) is 70.5 Å². The predicted molar refractivity (Wildman–Crippen MR) is 100 cm³/mol. The average Bonchev–Trinajstić information content (AvgIpc) is 2.62. The van der Waals surface area contributed by atoms with Gasteiger partial charge in [0, 0.05) is 18.1 Å². The van der Waals surface area contributed by atoms with E-state index < -0.39 is 6.04 Å². The first-order valence-electron chi connectivity index (χ1n) is 8.46. The number of hydrogen-bond acceptors (Lipinski definition) is 2. The maximum Gasteiger partial charge on any atom is 0.242 e. The van der Waals surface area contributed by atoms with E-state index in [2.05, 4.69) is 5.32 Å². The maximum atomic E-state index is 13.1. The molecule has 0 unspecified atom stereocenters. The van der Waals surface area contributed by atoms with E-state index >= 15 is 0 Å². The average molecular weight is 377 g/mol. The van der Waals surface area contributed by atoms with Crippen LogP contribution in [0.15, 0.2) is 48.5 Å². The normalized spacial score (nSPS) is 11.7. The van der Waals surface area contributed by atoms with Crippen LogP contribution in [-0.2, 0) is 22.6 Å². The van der Waals surface area contributed by atoms with Gasteiger partial charge in [0.2, 0.25) is 11.8 Å². The van der Waals surface area contributed by atoms with E-state index in [1.54, 1.807) is 31.2 Å². The molecule has 1 atom stereocenters. The van der Waals surface area contributed by atoms with Crippen molar-refractivity contribution in [1.29, 1.82) is 0 Å². The fourth-order valence-electron chi connectivity index (χ4n) is 2.57. The van der Waals surface area contributed by atoms with Gasteiger partial charge in [0.05, 0.1) is 6.42 Å². The molecular weight excluding hydrogens is 355 g/mol. The van der Waals surface area contributed by atoms with Crippen molar-refractivity contribution in [2.24, 2.45) is 0 Å². The molecule has 2 aromatic rings. The first-order valence-corrected chi connectivity index (χ1v) is 8.84. The summed E-state index contributed by atoms with van der Waals surface area (Å²) < 4.78 is 13.1. The van der Waals surface area contributed by atoms with Crippen LogP contribution in [-0.4, -0.2) is 29.3 Å². The third-order valence-corrected chi connectivity index (χ3v) is 4.31. The Morgan fingerprint density at radius 1 is 1.08 bits per heavy atom. The van der Waals surface area contributed by atoms with E-state index in [0.717, 1.165) is 5.56 Å². The van der Waals surface area contributed by atoms with Crippen molar-refractivity contribution < 1.29 is 14.0 Å². The quantitative estimate of drug-likeness (QED) is 0.803. The molecule has 1 N–H and O–H groups in total. The van der Waals surface area contributed by atoms with Gasteiger partial charge in [-0.15, -0.1) is 0 Å². The summed E-state index contributed by atoms with van der Waals surface area (Å²) in [6.07, 6.45) is 0.0949. The van der Waals surface area contributed by atoms with E-state index in [4.69, 9.17) is 11.6 Å². The van der Waals surface area contributed by atoms with Crippen molar-refractivity contribution in [2.45, 2.75) is 32.9 Å². The second-order valence-corrected chi connectivity index (χ2v) is 6.46. The van der Waals surface area contributed by atoms with Crippen molar-refractivity contribution in [1.82, 2.24) is 10.2 Å². The number of halogens is 2. The molecule has 0 radical (unpaired) electrons. The summed E-state index contributed by atoms with van der Waals surface area (Å²) in [5, 5.41) is 3.35. The first kappa shape index (κ1) is 19.9. The van der Waals surface area contributed by atoms with E-state index in [0.29, 0.717) is 17.1 Å². The highest BCUT2D eigenvalue weighted by Crippen LogP contribution is 2.15. The van der Waals surface area contributed by atoms with E-state index in [-0.39, 0.29) is 30.6 Å². The molecule has 0 bridgehead atoms. The first-order chi connectivity index (χ1) is 12.4. The van der Waals surface area contributed by atoms with Crippen LogP contribution in [0.2, 0.25) is 5.02 Å². The number of benzene rings is 2. The van der Waals surface area contributed by atoms with Crippen LogP contribution < -0.4 is 5.32 Å². The number of amides is 2. The molecule has 2 amide bonds. The number of nitrogens with one attached hydrogen (secondary N) is 1. The van der Waals surface area contributed by atoms with Gasteiger partial charge in [-0.3, -0.25) is 9.59 Å². The smallest absolute Gasteiger partial charge is 0.242 e. The number of rotatable bonds is 7. The van der Waals surface area contributed by atoms with Gasteiger partial charge in [0.25, 0.3) is 0 Å². The van der Waals surface area contributed by atoms with Gasteiger partial charge < -0.3 is 10.2 Å². The number of nitrogens with zero attached hydrogens (tertiary/aromatic N) is 1. The minimum absolute atomic E-state index is 0.0949. The van der Waals surface area contributed by atoms with Crippen LogP contribution in [0.5, 0.6) is 0 Å². The van der Waals surface area contributed by atoms with Crippen LogP contribution in [0.1, 0.15) is 25.0 Å². The molecule has 0 aliphatic carbocycles. The summed E-state index contributed by atoms with van der Waals surface area (Å²) >= 11 is 5.91. The predicted octanol–water partition coefficient (Wildman–Crippen LogP) is 3.58. The number of carbonyl (C=O) groups excluding carboxylic acids is 2. The zero-order valence-corrected chi connectivity index (χ0v) is 15.6. The lowest BCUT2D eigenvalue weighted by Crippen LogP contribution is -2.48. The monoisotopic (exact) mass is 376 g/mol. The van der Waals surface area contributed by atoms with Gasteiger partial charge in [-0.25, -0.2) is 4.39 Å². The topological polar surface area (TPSA) is 49.4 Å². The molecule has 0 spiro atoms. The summed E-state index contributed by atoms with van der Waals surface area (Å²) in [4.78, 5) is 26.6. The molecule has 2 aromatic carbocycles. The Morgan fingerprint density at radius 3 is 2.23 bits per heavy atom. The minimum atomic E-state index is -0.626. The maximum absolute atomic E-state index is 13.1. The Kier molecular flexibility index (Phi) is 7.16. The second-order valence-electron chi connectivity index (χ2n) is 6.02. The Labute approximate surface area is 158 Å². The van der Waals surface area contributed by atoms with Gasteiger partial charge in [0.15, 0.2) is 0 Å². The van der Waals surface area contributed by atoms with E-state index in [9.17, 15) is 14.0 Å². The van der Waals surface area contributed by atoms with Crippen LogP contribution >= 0.6 is 11.6 Å². The third-order valence-electron chi connectivity index (χ3n) is 4.05. The van der Waals surface area contributed by atoms with Gasteiger partial charge in [-0.2, -0.15) is 0 Å². The molecule has 0 aliphatic heterocycles. The van der Waals surface area contributed by atoms with Crippen LogP contribution in [0.3, 0.4) is 0 Å². The second kappa shape index (κ2) is 9.34. The zero-order chi connectivity index (χ0) is 19.1. The van der Waals surface area contributed by atoms with Crippen LogP contribution in [0.25, 0.3) is 0 Å². The molecule has 6 heteroatoms. The molecule has 0 aromatic heterocycles. The summed E-state index contributed by atoms with van der Waals surface area (Å²) in [5.41, 5.74) is 1.57. The van der Waals surface area contributed by atoms with E-state index in [1.807, 2.05) is 19.1 Å². The molecule has 0 saturated carbocycles. The largest absolute Gasteiger partial charge is 0.355 e. The molecular formula is C20H22ClFN2O2. The lowest BCUT2D eigenvalue weighted by atomic mass is 10.1. The fourth-order valence-corrected chi connectivity index (χ4v) is 2.70. The number of hydrogen-bond donors (Lipinski definition) is 1. The minimum Gasteiger partial charge on any atom is -0.355 e. The highest BCUT2D eigenvalue weighted by molar-refractivity contribution is 6.30. The van der Waals surface area contributed by atoms with Crippen LogP contribution in [0.4, 0.5) is 4.39 Å². The van der Waals surface area contributed by atoms with Gasteiger partial charge >= 0.3 is 0 Å². The Morgan fingerprint density at radius 2 is 1.65 bits per heavy atom. The highest BCUT2D eigenvalue weighted by atomic mass is 35.5. The highest BCUT2D eigenvalue weighted by Gasteiger charge is 2.25. The summed E-state index contributed by atoms with van der Waals surface area (Å²) in [6.45, 7) is 4.30. The zero-order valence-electron chi connectivity index (χ0n) is 14.8. The van der Waals surface area contributed by atoms with Gasteiger partial charge in [0.1, 0.15) is 11.9 Å². The van der Waals surface area contributed by atoms with Gasteiger partial charge in [-0.05, 0) is 49.2 Å². The summed E-state index contributed by atoms with van der Waals surface area (Å²) in [7, 11) is 0. The summed E-state index contributed by atoms with van der Waals surface area (Å²) in [6, 6.07) is 12.3. The number of carbonyl (C=O) groups is 2. The van der Waals surface area contributed by atoms with Gasteiger partial charge in [-0.1, -0.05) is 35.9 Å². The number of likely N-dealkylation sites (N-methyl/N-ethyl adjacent to an activating group) is 1.